The summed E-state index contributed by atoms with van der Waals surface area (Å²) in [5.74, 6) is 3.81. The predicted molar refractivity (Wildman–Crippen MR) is 73.2 cm³/mol. The van der Waals surface area contributed by atoms with Crippen LogP contribution in [0.3, 0.4) is 0 Å². The minimum atomic E-state index is -3.95. The molecule has 1 amide bonds. The number of carbonyl (C=O) groups excluding carboxylic acids is 1. The Morgan fingerprint density at radius 1 is 1.20 bits per heavy atom. The normalized spacial score (nSPS) is 11.1. The number of benzene rings is 1. The molecular formula is C11H10FN3O3S2. The van der Waals surface area contributed by atoms with Crippen molar-refractivity contribution in [1.82, 2.24) is 5.43 Å². The summed E-state index contributed by atoms with van der Waals surface area (Å²) in [6.07, 6.45) is 0. The minimum absolute atomic E-state index is 0.0490. The maximum Gasteiger partial charge on any atom is 0.267 e. The number of nitrogens with one attached hydrogen (secondary N) is 2. The molecule has 1 aromatic carbocycles. The van der Waals surface area contributed by atoms with Gasteiger partial charge >= 0.3 is 0 Å². The molecule has 106 valence electrons. The Morgan fingerprint density at radius 2 is 1.85 bits per heavy atom. The van der Waals surface area contributed by atoms with Gasteiger partial charge < -0.3 is 0 Å². The summed E-state index contributed by atoms with van der Waals surface area (Å²) < 4.78 is 39.4. The quantitative estimate of drug-likeness (QED) is 0.449. The number of nitrogens with two attached hydrogens (primary N) is 1. The molecule has 9 heteroatoms. The summed E-state index contributed by atoms with van der Waals surface area (Å²) in [4.78, 5) is 11.3. The number of carbonyl (C=O) groups is 1. The van der Waals surface area contributed by atoms with Crippen LogP contribution in [-0.4, -0.2) is 14.3 Å². The van der Waals surface area contributed by atoms with E-state index in [1.807, 2.05) is 5.43 Å². The highest BCUT2D eigenvalue weighted by atomic mass is 32.2. The first-order valence-corrected chi connectivity index (χ1v) is 7.72. The van der Waals surface area contributed by atoms with E-state index in [1.54, 1.807) is 0 Å². The Balaban J connectivity index is 2.34. The molecule has 2 aromatic rings. The molecule has 1 heterocycles. The Bertz CT molecular complexity index is 726. The molecule has 0 spiro atoms. The molecule has 20 heavy (non-hydrogen) atoms. The number of hydrogen-bond donors (Lipinski definition) is 3. The van der Waals surface area contributed by atoms with Crippen LogP contribution in [0.2, 0.25) is 0 Å². The van der Waals surface area contributed by atoms with Crippen molar-refractivity contribution in [3.63, 3.8) is 0 Å². The number of sulfonamides is 1. The molecule has 4 N–H and O–H groups in total. The van der Waals surface area contributed by atoms with Crippen molar-refractivity contribution in [2.75, 3.05) is 4.72 Å². The summed E-state index contributed by atoms with van der Waals surface area (Å²) in [5, 5.41) is 2.69. The van der Waals surface area contributed by atoms with Crippen LogP contribution in [0, 0.1) is 5.82 Å². The molecule has 0 saturated heterocycles. The van der Waals surface area contributed by atoms with E-state index in [0.29, 0.717) is 0 Å². The van der Waals surface area contributed by atoms with Crippen LogP contribution >= 0.6 is 11.3 Å². The van der Waals surface area contributed by atoms with Gasteiger partial charge in [-0.05, 0) is 24.3 Å². The van der Waals surface area contributed by atoms with Crippen molar-refractivity contribution < 1.29 is 17.6 Å². The topological polar surface area (TPSA) is 101 Å². The van der Waals surface area contributed by atoms with Gasteiger partial charge in [0.1, 0.15) is 10.7 Å². The van der Waals surface area contributed by atoms with Crippen molar-refractivity contribution >= 4 is 33.0 Å². The third-order valence-electron chi connectivity index (χ3n) is 2.39. The third-order valence-corrected chi connectivity index (χ3v) is 4.70. The van der Waals surface area contributed by atoms with E-state index < -0.39 is 21.7 Å². The van der Waals surface area contributed by atoms with Gasteiger partial charge in [-0.2, -0.15) is 11.3 Å². The first-order chi connectivity index (χ1) is 9.44. The molecule has 0 fully saturated rings. The third kappa shape index (κ3) is 2.95. The van der Waals surface area contributed by atoms with Crippen LogP contribution in [0.5, 0.6) is 0 Å². The lowest BCUT2D eigenvalue weighted by Crippen LogP contribution is -2.31. The van der Waals surface area contributed by atoms with Crippen molar-refractivity contribution in [3.8, 4) is 0 Å². The molecule has 0 saturated carbocycles. The molecule has 0 aliphatic heterocycles. The highest BCUT2D eigenvalue weighted by molar-refractivity contribution is 7.93. The molecular weight excluding hydrogens is 305 g/mol. The fourth-order valence-corrected chi connectivity index (χ4v) is 3.90. The number of hydrazine groups is 1. The highest BCUT2D eigenvalue weighted by Crippen LogP contribution is 2.23. The zero-order chi connectivity index (χ0) is 14.8. The van der Waals surface area contributed by atoms with E-state index in [-0.39, 0.29) is 16.1 Å². The summed E-state index contributed by atoms with van der Waals surface area (Å²) in [6, 6.07) is 4.81. The van der Waals surface area contributed by atoms with E-state index in [9.17, 15) is 17.6 Å². The molecule has 0 bridgehead atoms. The zero-order valence-corrected chi connectivity index (χ0v) is 11.6. The van der Waals surface area contributed by atoms with Crippen molar-refractivity contribution in [3.05, 3.63) is 46.4 Å². The zero-order valence-electron chi connectivity index (χ0n) is 9.96. The second kappa shape index (κ2) is 5.57. The Labute approximate surface area is 118 Å². The highest BCUT2D eigenvalue weighted by Gasteiger charge is 2.23. The number of thiophene rings is 1. The molecule has 0 radical (unpaired) electrons. The summed E-state index contributed by atoms with van der Waals surface area (Å²) >= 11 is 1.05. The second-order valence-corrected chi connectivity index (χ2v) is 6.13. The summed E-state index contributed by atoms with van der Waals surface area (Å²) in [5.41, 5.74) is 2.02. The van der Waals surface area contributed by atoms with Gasteiger partial charge in [-0.3, -0.25) is 14.9 Å². The number of rotatable bonds is 4. The minimum Gasteiger partial charge on any atom is -0.290 e. The van der Waals surface area contributed by atoms with Gasteiger partial charge in [-0.25, -0.2) is 18.7 Å². The van der Waals surface area contributed by atoms with E-state index in [1.165, 1.54) is 22.9 Å². The number of amides is 1. The van der Waals surface area contributed by atoms with Crippen molar-refractivity contribution in [2.24, 2.45) is 5.84 Å². The molecule has 1 aromatic heterocycles. The molecule has 0 atom stereocenters. The van der Waals surface area contributed by atoms with E-state index in [2.05, 4.69) is 4.72 Å². The number of halogens is 1. The maximum atomic E-state index is 12.8. The summed E-state index contributed by atoms with van der Waals surface area (Å²) in [6.45, 7) is 0. The van der Waals surface area contributed by atoms with Gasteiger partial charge in [0.25, 0.3) is 15.9 Å². The standard InChI is InChI=1S/C11H10FN3O3S2/c12-7-1-3-8(4-2-7)15-20(17,18)10-6-19-5-9(10)11(16)14-13/h1-6,15H,13H2,(H,14,16). The smallest absolute Gasteiger partial charge is 0.267 e. The lowest BCUT2D eigenvalue weighted by molar-refractivity contribution is 0.0951. The first kappa shape index (κ1) is 14.4. The maximum absolute atomic E-state index is 12.8. The van der Waals surface area contributed by atoms with Gasteiger partial charge in [-0.1, -0.05) is 0 Å². The van der Waals surface area contributed by atoms with Gasteiger partial charge in [0.2, 0.25) is 0 Å². The molecule has 2 rings (SSSR count). The van der Waals surface area contributed by atoms with E-state index >= 15 is 0 Å². The monoisotopic (exact) mass is 315 g/mol. The average molecular weight is 315 g/mol. The first-order valence-electron chi connectivity index (χ1n) is 5.29. The van der Waals surface area contributed by atoms with Gasteiger partial charge in [0.15, 0.2) is 0 Å². The molecule has 6 nitrogen and oxygen atoms in total. The largest absolute Gasteiger partial charge is 0.290 e. The second-order valence-electron chi connectivity index (χ2n) is 3.74. The number of anilines is 1. The van der Waals surface area contributed by atoms with Crippen molar-refractivity contribution in [2.45, 2.75) is 4.90 Å². The van der Waals surface area contributed by atoms with Crippen LogP contribution < -0.4 is 16.0 Å². The Kier molecular flexibility index (Phi) is 4.02. The average Bonchev–Trinajstić information content (AvgIpc) is 2.90. The predicted octanol–water partition coefficient (Wildman–Crippen LogP) is 1.29. The Hall–Kier alpha value is -1.97. The van der Waals surface area contributed by atoms with Crippen LogP contribution in [0.1, 0.15) is 10.4 Å². The molecule has 0 aliphatic carbocycles. The van der Waals surface area contributed by atoms with E-state index in [4.69, 9.17) is 5.84 Å². The Morgan fingerprint density at radius 3 is 2.45 bits per heavy atom. The molecule has 0 unspecified atom stereocenters. The van der Waals surface area contributed by atoms with Crippen LogP contribution in [-0.2, 0) is 10.0 Å². The lowest BCUT2D eigenvalue weighted by atomic mass is 10.3. The fraction of sp³-hybridized carbons (Fsp3) is 0. The summed E-state index contributed by atoms with van der Waals surface area (Å²) in [7, 11) is -3.95. The van der Waals surface area contributed by atoms with Gasteiger partial charge in [-0.15, -0.1) is 0 Å². The lowest BCUT2D eigenvalue weighted by Gasteiger charge is -2.08. The SMILES string of the molecule is NNC(=O)c1cscc1S(=O)(=O)Nc1ccc(F)cc1. The van der Waals surface area contributed by atoms with E-state index in [0.717, 1.165) is 23.5 Å². The van der Waals surface area contributed by atoms with Gasteiger partial charge in [0.05, 0.1) is 5.56 Å². The fourth-order valence-electron chi connectivity index (χ4n) is 1.46. The van der Waals surface area contributed by atoms with Crippen molar-refractivity contribution in [1.29, 1.82) is 0 Å². The van der Waals surface area contributed by atoms with Gasteiger partial charge in [0, 0.05) is 16.4 Å². The molecule has 0 aliphatic rings. The number of hydrogen-bond acceptors (Lipinski definition) is 5. The number of nitrogen functional groups attached to an aromatic ring is 1. The van der Waals surface area contributed by atoms with Crippen LogP contribution in [0.15, 0.2) is 39.9 Å². The van der Waals surface area contributed by atoms with Crippen LogP contribution in [0.25, 0.3) is 0 Å². The van der Waals surface area contributed by atoms with Crippen LogP contribution in [0.4, 0.5) is 10.1 Å².